The van der Waals surface area contributed by atoms with Crippen LogP contribution in [0.3, 0.4) is 0 Å². The number of nitrogens with zero attached hydrogens (tertiary/aromatic N) is 1. The second-order valence-electron chi connectivity index (χ2n) is 5.67. The van der Waals surface area contributed by atoms with Crippen molar-refractivity contribution < 1.29 is 9.13 Å². The molecule has 0 fully saturated rings. The highest BCUT2D eigenvalue weighted by Gasteiger charge is 1.98. The lowest BCUT2D eigenvalue weighted by molar-refractivity contribution is 0.306. The van der Waals surface area contributed by atoms with Crippen LogP contribution < -0.4 is 10.2 Å². The van der Waals surface area contributed by atoms with Crippen molar-refractivity contribution in [2.45, 2.75) is 13.2 Å². The monoisotopic (exact) mass is 368 g/mol. The van der Waals surface area contributed by atoms with Crippen LogP contribution in [-0.2, 0) is 13.2 Å². The molecule has 0 radical (unpaired) electrons. The van der Waals surface area contributed by atoms with Crippen molar-refractivity contribution in [2.75, 3.05) is 0 Å². The fraction of sp³-hybridized carbons (Fsp3) is 0.0952. The van der Waals surface area contributed by atoms with Gasteiger partial charge in [-0.15, -0.1) is 0 Å². The van der Waals surface area contributed by atoms with Crippen molar-refractivity contribution >= 4 is 17.8 Å². The Hall–Kier alpha value is -2.85. The Balaban J connectivity index is 1.48. The van der Waals surface area contributed by atoms with Crippen LogP contribution in [0.15, 0.2) is 77.9 Å². The summed E-state index contributed by atoms with van der Waals surface area (Å²) >= 11 is 6.09. The molecular weight excluding hydrogens is 351 g/mol. The molecule has 0 saturated carbocycles. The molecule has 132 valence electrons. The number of ether oxygens (including phenoxy) is 1. The van der Waals surface area contributed by atoms with E-state index in [9.17, 15) is 4.39 Å². The Morgan fingerprint density at radius 3 is 2.42 bits per heavy atom. The van der Waals surface area contributed by atoms with Crippen molar-refractivity contribution in [3.05, 3.63) is 100 Å². The van der Waals surface area contributed by atoms with Gasteiger partial charge in [-0.3, -0.25) is 0 Å². The number of hydrazone groups is 1. The summed E-state index contributed by atoms with van der Waals surface area (Å²) in [6.07, 6.45) is 1.74. The first kappa shape index (κ1) is 18.0. The molecule has 0 spiro atoms. The van der Waals surface area contributed by atoms with E-state index in [4.69, 9.17) is 16.3 Å². The van der Waals surface area contributed by atoms with Gasteiger partial charge in [0.15, 0.2) is 0 Å². The van der Waals surface area contributed by atoms with Crippen molar-refractivity contribution in [1.29, 1.82) is 0 Å². The van der Waals surface area contributed by atoms with E-state index >= 15 is 0 Å². The van der Waals surface area contributed by atoms with E-state index in [-0.39, 0.29) is 5.82 Å². The predicted octanol–water partition coefficient (Wildman–Crippen LogP) is 5.18. The zero-order valence-corrected chi connectivity index (χ0v) is 14.8. The molecule has 0 aliphatic carbocycles. The highest BCUT2D eigenvalue weighted by atomic mass is 35.5. The van der Waals surface area contributed by atoms with Gasteiger partial charge in [-0.25, -0.2) is 4.39 Å². The van der Waals surface area contributed by atoms with Gasteiger partial charge in [-0.05, 0) is 59.2 Å². The molecule has 0 atom stereocenters. The topological polar surface area (TPSA) is 33.6 Å². The lowest BCUT2D eigenvalue weighted by Gasteiger charge is -2.06. The van der Waals surface area contributed by atoms with Crippen LogP contribution in [-0.4, -0.2) is 6.21 Å². The van der Waals surface area contributed by atoms with Gasteiger partial charge < -0.3 is 10.2 Å². The second-order valence-corrected chi connectivity index (χ2v) is 6.08. The Labute approximate surface area is 157 Å². The zero-order valence-electron chi connectivity index (χ0n) is 14.0. The van der Waals surface area contributed by atoms with E-state index in [0.717, 1.165) is 27.5 Å². The third-order valence-electron chi connectivity index (χ3n) is 3.73. The molecule has 0 heterocycles. The van der Waals surface area contributed by atoms with Crippen molar-refractivity contribution in [1.82, 2.24) is 5.43 Å². The molecule has 3 aromatic rings. The van der Waals surface area contributed by atoms with E-state index in [0.29, 0.717) is 13.2 Å². The summed E-state index contributed by atoms with van der Waals surface area (Å²) in [6, 6.07) is 21.5. The summed E-state index contributed by atoms with van der Waals surface area (Å²) in [7, 11) is 0. The molecule has 0 aliphatic rings. The van der Waals surface area contributed by atoms with E-state index < -0.39 is 0 Å². The Bertz CT molecular complexity index is 864. The molecule has 5 heteroatoms. The van der Waals surface area contributed by atoms with Crippen molar-refractivity contribution in [3.8, 4) is 5.75 Å². The minimum atomic E-state index is -0.250. The average molecular weight is 369 g/mol. The molecule has 1 N–H and O–H groups in total. The molecule has 0 unspecified atom stereocenters. The molecule has 3 aromatic carbocycles. The van der Waals surface area contributed by atoms with Crippen LogP contribution >= 0.6 is 11.6 Å². The lowest BCUT2D eigenvalue weighted by atomic mass is 10.2. The van der Waals surface area contributed by atoms with Gasteiger partial charge in [-0.2, -0.15) is 5.10 Å². The minimum absolute atomic E-state index is 0.250. The normalized spacial score (nSPS) is 10.8. The number of rotatable bonds is 7. The highest BCUT2D eigenvalue weighted by molar-refractivity contribution is 6.31. The van der Waals surface area contributed by atoms with Gasteiger partial charge in [0.25, 0.3) is 0 Å². The SMILES string of the molecule is Fc1ccc(COc2ccc(/C=N\NCc3ccccc3Cl)cc2)cc1. The van der Waals surface area contributed by atoms with Gasteiger partial charge in [0.05, 0.1) is 12.8 Å². The Morgan fingerprint density at radius 1 is 0.962 bits per heavy atom. The van der Waals surface area contributed by atoms with Crippen LogP contribution in [0.2, 0.25) is 5.02 Å². The fourth-order valence-electron chi connectivity index (χ4n) is 2.29. The summed E-state index contributed by atoms with van der Waals surface area (Å²) in [5, 5.41) is 4.92. The van der Waals surface area contributed by atoms with E-state index in [1.807, 2.05) is 48.5 Å². The number of nitrogens with one attached hydrogen (secondary N) is 1. The third-order valence-corrected chi connectivity index (χ3v) is 4.10. The van der Waals surface area contributed by atoms with Gasteiger partial charge in [-0.1, -0.05) is 41.9 Å². The first-order valence-corrected chi connectivity index (χ1v) is 8.55. The van der Waals surface area contributed by atoms with Gasteiger partial charge in [0, 0.05) is 5.02 Å². The van der Waals surface area contributed by atoms with Crippen molar-refractivity contribution in [3.63, 3.8) is 0 Å². The second kappa shape index (κ2) is 9.02. The smallest absolute Gasteiger partial charge is 0.123 e. The molecule has 3 rings (SSSR count). The van der Waals surface area contributed by atoms with E-state index in [2.05, 4.69) is 10.5 Å². The highest BCUT2D eigenvalue weighted by Crippen LogP contribution is 2.15. The maximum Gasteiger partial charge on any atom is 0.123 e. The first-order valence-electron chi connectivity index (χ1n) is 8.17. The summed E-state index contributed by atoms with van der Waals surface area (Å²) in [6.45, 7) is 0.960. The predicted molar refractivity (Wildman–Crippen MR) is 103 cm³/mol. The van der Waals surface area contributed by atoms with Crippen LogP contribution in [0.1, 0.15) is 16.7 Å². The fourth-order valence-corrected chi connectivity index (χ4v) is 2.49. The number of benzene rings is 3. The lowest BCUT2D eigenvalue weighted by Crippen LogP contribution is -2.05. The maximum atomic E-state index is 12.9. The molecular formula is C21H18ClFN2O. The molecule has 0 bridgehead atoms. The zero-order chi connectivity index (χ0) is 18.2. The van der Waals surface area contributed by atoms with E-state index in [1.165, 1.54) is 12.1 Å². The summed E-state index contributed by atoms with van der Waals surface area (Å²) in [4.78, 5) is 0. The molecule has 26 heavy (non-hydrogen) atoms. The van der Waals surface area contributed by atoms with Crippen molar-refractivity contribution in [2.24, 2.45) is 5.10 Å². The number of hydrogen-bond donors (Lipinski definition) is 1. The van der Waals surface area contributed by atoms with E-state index in [1.54, 1.807) is 18.3 Å². The Morgan fingerprint density at radius 2 is 1.69 bits per heavy atom. The van der Waals surface area contributed by atoms with Crippen LogP contribution in [0.4, 0.5) is 4.39 Å². The molecule has 0 saturated heterocycles. The largest absolute Gasteiger partial charge is 0.489 e. The maximum absolute atomic E-state index is 12.9. The third kappa shape index (κ3) is 5.33. The van der Waals surface area contributed by atoms with Gasteiger partial charge >= 0.3 is 0 Å². The Kier molecular flexibility index (Phi) is 6.23. The summed E-state index contributed by atoms with van der Waals surface area (Å²) < 4.78 is 18.6. The van der Waals surface area contributed by atoms with Crippen LogP contribution in [0, 0.1) is 5.82 Å². The van der Waals surface area contributed by atoms with Crippen LogP contribution in [0.5, 0.6) is 5.75 Å². The summed E-state index contributed by atoms with van der Waals surface area (Å²) in [5.41, 5.74) is 5.84. The molecule has 0 aliphatic heterocycles. The van der Waals surface area contributed by atoms with Gasteiger partial charge in [0.2, 0.25) is 0 Å². The quantitative estimate of drug-likeness (QED) is 0.460. The van der Waals surface area contributed by atoms with Gasteiger partial charge in [0.1, 0.15) is 18.2 Å². The first-order chi connectivity index (χ1) is 12.7. The average Bonchev–Trinajstić information content (AvgIpc) is 2.67. The molecule has 0 amide bonds. The molecule has 3 nitrogen and oxygen atoms in total. The summed E-state index contributed by atoms with van der Waals surface area (Å²) in [5.74, 6) is 0.496. The number of hydrogen-bond acceptors (Lipinski definition) is 3. The number of halogens is 2. The standard InChI is InChI=1S/C21H18ClFN2O/c22-21-4-2-1-3-18(21)14-25-24-13-16-7-11-20(12-8-16)26-15-17-5-9-19(23)10-6-17/h1-13,25H,14-15H2/b24-13-. The minimum Gasteiger partial charge on any atom is -0.489 e. The molecule has 0 aromatic heterocycles. The van der Waals surface area contributed by atoms with Crippen LogP contribution in [0.25, 0.3) is 0 Å².